The van der Waals surface area contributed by atoms with Crippen molar-refractivity contribution in [3.63, 3.8) is 0 Å². The fourth-order valence-corrected chi connectivity index (χ4v) is 4.92. The molecule has 1 aliphatic rings. The van der Waals surface area contributed by atoms with Crippen molar-refractivity contribution in [1.29, 1.82) is 0 Å². The molecule has 8 heteroatoms. The van der Waals surface area contributed by atoms with Crippen molar-refractivity contribution in [2.45, 2.75) is 31.4 Å². The van der Waals surface area contributed by atoms with Crippen molar-refractivity contribution < 1.29 is 19.9 Å². The molecule has 3 aromatic carbocycles. The van der Waals surface area contributed by atoms with E-state index in [-0.39, 0.29) is 12.8 Å². The fourth-order valence-electron chi connectivity index (χ4n) is 4.39. The van der Waals surface area contributed by atoms with Crippen LogP contribution in [-0.2, 0) is 28.2 Å². The highest BCUT2D eigenvalue weighted by Crippen LogP contribution is 2.35. The van der Waals surface area contributed by atoms with Gasteiger partial charge >= 0.3 is 0 Å². The first kappa shape index (κ1) is 24.2. The van der Waals surface area contributed by atoms with Crippen LogP contribution in [-0.4, -0.2) is 22.1 Å². The number of aryl methyl sites for hydroxylation is 1. The van der Waals surface area contributed by atoms with Gasteiger partial charge in [-0.2, -0.15) is 0 Å². The zero-order chi connectivity index (χ0) is 24.3. The molecule has 3 aromatic rings. The lowest BCUT2D eigenvalue weighted by molar-refractivity contribution is -0.139. The summed E-state index contributed by atoms with van der Waals surface area (Å²) in [5.41, 5.74) is 4.33. The average Bonchev–Trinajstić information content (AvgIpc) is 3.14. The Kier molecular flexibility index (Phi) is 7.24. The lowest BCUT2D eigenvalue weighted by Crippen LogP contribution is -2.47. The molecule has 34 heavy (non-hydrogen) atoms. The number of rotatable bonds is 7. The Hall–Kier alpha value is -2.90. The van der Waals surface area contributed by atoms with Gasteiger partial charge in [-0.05, 0) is 53.3 Å². The second-order valence-electron chi connectivity index (χ2n) is 8.50. The van der Waals surface area contributed by atoms with Gasteiger partial charge in [0, 0.05) is 28.5 Å². The topological polar surface area (TPSA) is 98.7 Å². The highest BCUT2D eigenvalue weighted by Gasteiger charge is 2.39. The first-order chi connectivity index (χ1) is 16.3. The predicted molar refractivity (Wildman–Crippen MR) is 130 cm³/mol. The Labute approximate surface area is 207 Å². The van der Waals surface area contributed by atoms with Gasteiger partial charge in [-0.1, -0.05) is 71.7 Å². The molecule has 1 aliphatic carbocycles. The monoisotopic (exact) mass is 498 g/mol. The first-order valence-corrected chi connectivity index (χ1v) is 11.6. The van der Waals surface area contributed by atoms with Gasteiger partial charge in [0.15, 0.2) is 5.72 Å². The molecule has 0 aliphatic heterocycles. The van der Waals surface area contributed by atoms with Crippen LogP contribution in [0.1, 0.15) is 29.5 Å². The van der Waals surface area contributed by atoms with Crippen molar-refractivity contribution >= 4 is 35.0 Å². The number of hydrogen-bond acceptors (Lipinski definition) is 4. The molecule has 6 nitrogen and oxygen atoms in total. The summed E-state index contributed by atoms with van der Waals surface area (Å²) in [5.74, 6) is -1.94. The maximum absolute atomic E-state index is 13.2. The lowest BCUT2D eigenvalue weighted by atomic mass is 9.92. The number of aliphatic hydroxyl groups is 1. The third kappa shape index (κ3) is 5.42. The molecular weight excluding hydrogens is 475 g/mol. The molecular formula is C26H24Cl2N2O4. The number of nitrogens with one attached hydrogen (secondary N) is 2. The van der Waals surface area contributed by atoms with Crippen molar-refractivity contribution in [3.05, 3.63) is 93.5 Å². The molecule has 0 heterocycles. The van der Waals surface area contributed by atoms with E-state index in [4.69, 9.17) is 28.4 Å². The minimum Gasteiger partial charge on any atom is -0.367 e. The summed E-state index contributed by atoms with van der Waals surface area (Å²) in [6.45, 7) is 0. The van der Waals surface area contributed by atoms with Crippen LogP contribution < -0.4 is 10.8 Å². The lowest BCUT2D eigenvalue weighted by Gasteiger charge is -2.28. The molecule has 176 valence electrons. The predicted octanol–water partition coefficient (Wildman–Crippen LogP) is 4.62. The van der Waals surface area contributed by atoms with Crippen LogP contribution in [0.3, 0.4) is 0 Å². The maximum atomic E-state index is 13.2. The number of hydrogen-bond donors (Lipinski definition) is 4. The standard InChI is InChI=1S/C26H24Cl2N2O4/c27-21-12-19(13-22(28)15-21)17-7-5-16(6-8-17)11-20(14-24(31)30-34)25(32)29-26(33)10-9-18-3-1-2-4-23(18)26/h1-8,12-13,15,20,33-34H,9-11,14H2,(H,29,32)(H,30,31)/t20-,26+/m1/s1. The average molecular weight is 499 g/mol. The zero-order valence-corrected chi connectivity index (χ0v) is 19.7. The van der Waals surface area contributed by atoms with Gasteiger partial charge in [-0.3, -0.25) is 14.8 Å². The van der Waals surface area contributed by atoms with Crippen LogP contribution in [0.5, 0.6) is 0 Å². The van der Waals surface area contributed by atoms with Crippen molar-refractivity contribution in [2.75, 3.05) is 0 Å². The van der Waals surface area contributed by atoms with Crippen LogP contribution in [0.4, 0.5) is 0 Å². The van der Waals surface area contributed by atoms with E-state index in [1.807, 2.05) is 54.6 Å². The van der Waals surface area contributed by atoms with E-state index in [1.165, 1.54) is 0 Å². The molecule has 0 radical (unpaired) electrons. The Morgan fingerprint density at radius 3 is 2.32 bits per heavy atom. The summed E-state index contributed by atoms with van der Waals surface area (Å²) >= 11 is 12.2. The van der Waals surface area contributed by atoms with E-state index >= 15 is 0 Å². The van der Waals surface area contributed by atoms with Gasteiger partial charge in [0.2, 0.25) is 11.8 Å². The van der Waals surface area contributed by atoms with E-state index < -0.39 is 23.5 Å². The van der Waals surface area contributed by atoms with E-state index in [2.05, 4.69) is 5.32 Å². The van der Waals surface area contributed by atoms with Gasteiger partial charge in [-0.15, -0.1) is 0 Å². The van der Waals surface area contributed by atoms with Gasteiger partial charge < -0.3 is 10.4 Å². The molecule has 4 rings (SSSR count). The largest absolute Gasteiger partial charge is 0.367 e. The number of carbonyl (C=O) groups is 2. The number of carbonyl (C=O) groups excluding carboxylic acids is 2. The van der Waals surface area contributed by atoms with E-state index in [0.29, 0.717) is 28.5 Å². The molecule has 0 unspecified atom stereocenters. The summed E-state index contributed by atoms with van der Waals surface area (Å²) in [6.07, 6.45) is 1.01. The molecule has 0 bridgehead atoms. The first-order valence-electron chi connectivity index (χ1n) is 10.9. The fraction of sp³-hybridized carbons (Fsp3) is 0.231. The summed E-state index contributed by atoms with van der Waals surface area (Å²) in [6, 6.07) is 20.2. The summed E-state index contributed by atoms with van der Waals surface area (Å²) < 4.78 is 0. The van der Waals surface area contributed by atoms with Crippen LogP contribution in [0, 0.1) is 5.92 Å². The smallest absolute Gasteiger partial charge is 0.244 e. The molecule has 0 spiro atoms. The molecule has 2 amide bonds. The molecule has 0 fully saturated rings. The Bertz CT molecular complexity index is 1200. The normalized spacial score (nSPS) is 17.6. The Morgan fingerprint density at radius 2 is 1.65 bits per heavy atom. The van der Waals surface area contributed by atoms with E-state index in [1.54, 1.807) is 17.6 Å². The van der Waals surface area contributed by atoms with Gasteiger partial charge in [-0.25, -0.2) is 5.48 Å². The van der Waals surface area contributed by atoms with Gasteiger partial charge in [0.05, 0.1) is 5.92 Å². The molecule has 0 aromatic heterocycles. The third-order valence-corrected chi connectivity index (χ3v) is 6.54. The minimum absolute atomic E-state index is 0.230. The van der Waals surface area contributed by atoms with E-state index in [9.17, 15) is 14.7 Å². The number of fused-ring (bicyclic) bond motifs is 1. The second-order valence-corrected chi connectivity index (χ2v) is 9.37. The zero-order valence-electron chi connectivity index (χ0n) is 18.2. The van der Waals surface area contributed by atoms with E-state index in [0.717, 1.165) is 22.3 Å². The Morgan fingerprint density at radius 1 is 0.971 bits per heavy atom. The van der Waals surface area contributed by atoms with Gasteiger partial charge in [0.1, 0.15) is 0 Å². The summed E-state index contributed by atoms with van der Waals surface area (Å²) in [7, 11) is 0. The third-order valence-electron chi connectivity index (χ3n) is 6.11. The number of amides is 2. The Balaban J connectivity index is 1.52. The highest BCUT2D eigenvalue weighted by molar-refractivity contribution is 6.35. The molecule has 0 saturated carbocycles. The number of benzene rings is 3. The van der Waals surface area contributed by atoms with Crippen molar-refractivity contribution in [2.24, 2.45) is 5.92 Å². The van der Waals surface area contributed by atoms with Gasteiger partial charge in [0.25, 0.3) is 0 Å². The van der Waals surface area contributed by atoms with Crippen LogP contribution in [0.2, 0.25) is 10.0 Å². The minimum atomic E-state index is -1.49. The number of hydroxylamine groups is 1. The van der Waals surface area contributed by atoms with Crippen LogP contribution >= 0.6 is 23.2 Å². The number of halogens is 2. The second kappa shape index (κ2) is 10.2. The SMILES string of the molecule is O=C(C[C@@H](Cc1ccc(-c2cc(Cl)cc(Cl)c2)cc1)C(=O)N[C@]1(O)CCc2ccccc21)NO. The summed E-state index contributed by atoms with van der Waals surface area (Å²) in [5, 5.41) is 23.9. The maximum Gasteiger partial charge on any atom is 0.244 e. The van der Waals surface area contributed by atoms with Crippen molar-refractivity contribution in [3.8, 4) is 11.1 Å². The molecule has 2 atom stereocenters. The molecule has 4 N–H and O–H groups in total. The van der Waals surface area contributed by atoms with Crippen molar-refractivity contribution in [1.82, 2.24) is 10.8 Å². The summed E-state index contributed by atoms with van der Waals surface area (Å²) in [4.78, 5) is 25.1. The van der Waals surface area contributed by atoms with Crippen LogP contribution in [0.15, 0.2) is 66.7 Å². The highest BCUT2D eigenvalue weighted by atomic mass is 35.5. The quantitative estimate of drug-likeness (QED) is 0.217. The van der Waals surface area contributed by atoms with Crippen LogP contribution in [0.25, 0.3) is 11.1 Å². The molecule has 0 saturated heterocycles.